The number of hydrogen-bond donors (Lipinski definition) is 1. The van der Waals surface area contributed by atoms with E-state index in [0.717, 1.165) is 38.1 Å². The second-order valence-corrected chi connectivity index (χ2v) is 11.7. The van der Waals surface area contributed by atoms with Crippen LogP contribution in [0.15, 0.2) is 46.9 Å². The van der Waals surface area contributed by atoms with Gasteiger partial charge in [-0.25, -0.2) is 8.42 Å². The molecule has 0 aliphatic heterocycles. The van der Waals surface area contributed by atoms with Crippen molar-refractivity contribution >= 4 is 43.5 Å². The van der Waals surface area contributed by atoms with Gasteiger partial charge in [-0.05, 0) is 62.9 Å². The summed E-state index contributed by atoms with van der Waals surface area (Å²) in [6, 6.07) is 12.1. The van der Waals surface area contributed by atoms with Crippen LogP contribution in [0.1, 0.15) is 50.3 Å². The van der Waals surface area contributed by atoms with Crippen LogP contribution in [0.5, 0.6) is 0 Å². The van der Waals surface area contributed by atoms with Crippen molar-refractivity contribution in [1.29, 1.82) is 0 Å². The molecule has 2 aromatic carbocycles. The summed E-state index contributed by atoms with van der Waals surface area (Å²) in [6.45, 7) is 9.35. The lowest BCUT2D eigenvalue weighted by Crippen LogP contribution is -2.53. The van der Waals surface area contributed by atoms with Crippen LogP contribution >= 0.6 is 15.9 Å². The van der Waals surface area contributed by atoms with Crippen LogP contribution in [0.3, 0.4) is 0 Å². The zero-order chi connectivity index (χ0) is 26.3. The molecule has 0 aliphatic carbocycles. The highest BCUT2D eigenvalue weighted by atomic mass is 79.9. The number of carbonyl (C=O) groups is 2. The number of rotatable bonds is 11. The smallest absolute Gasteiger partial charge is 0.244 e. The Hall–Kier alpha value is -2.39. The van der Waals surface area contributed by atoms with Crippen LogP contribution in [0, 0.1) is 13.8 Å². The molecule has 9 heteroatoms. The molecule has 0 fully saturated rings. The van der Waals surface area contributed by atoms with Gasteiger partial charge in [0, 0.05) is 17.1 Å². The lowest BCUT2D eigenvalue weighted by molar-refractivity contribution is -0.140. The van der Waals surface area contributed by atoms with Crippen LogP contribution in [0.25, 0.3) is 0 Å². The maximum atomic E-state index is 13.7. The molecule has 35 heavy (non-hydrogen) atoms. The van der Waals surface area contributed by atoms with Crippen LogP contribution < -0.4 is 9.62 Å². The summed E-state index contributed by atoms with van der Waals surface area (Å²) in [7, 11) is -3.76. The standard InChI is InChI=1S/C26H36BrN3O4S/c1-7-20(5)28-26(32)24(8-2)29(16-21-11-9-10-18(3)14-21)25(31)17-30(35(6,33)34)22-12-13-23(27)19(4)15-22/h9-15,20,24H,7-8,16-17H2,1-6H3,(H,28,32)/t20-,24+/m1/s1. The first-order valence-corrected chi connectivity index (χ1v) is 14.4. The topological polar surface area (TPSA) is 86.8 Å². The van der Waals surface area contributed by atoms with Gasteiger partial charge in [0.05, 0.1) is 11.9 Å². The van der Waals surface area contributed by atoms with Gasteiger partial charge in [-0.15, -0.1) is 0 Å². The molecule has 2 atom stereocenters. The number of benzene rings is 2. The highest BCUT2D eigenvalue weighted by Crippen LogP contribution is 2.25. The lowest BCUT2D eigenvalue weighted by Gasteiger charge is -2.33. The Labute approximate surface area is 218 Å². The van der Waals surface area contributed by atoms with Gasteiger partial charge >= 0.3 is 0 Å². The average Bonchev–Trinajstić information content (AvgIpc) is 2.78. The molecule has 0 aromatic heterocycles. The summed E-state index contributed by atoms with van der Waals surface area (Å²) in [5.74, 6) is -0.683. The third-order valence-electron chi connectivity index (χ3n) is 5.93. The van der Waals surface area contributed by atoms with Gasteiger partial charge in [-0.3, -0.25) is 13.9 Å². The molecule has 0 saturated carbocycles. The number of anilines is 1. The summed E-state index contributed by atoms with van der Waals surface area (Å²) in [4.78, 5) is 28.3. The fourth-order valence-electron chi connectivity index (χ4n) is 3.77. The van der Waals surface area contributed by atoms with Gasteiger partial charge in [0.1, 0.15) is 12.6 Å². The summed E-state index contributed by atoms with van der Waals surface area (Å²) in [5.41, 5.74) is 3.15. The average molecular weight is 567 g/mol. The first-order valence-electron chi connectivity index (χ1n) is 11.8. The van der Waals surface area contributed by atoms with Crippen molar-refractivity contribution in [3.8, 4) is 0 Å². The van der Waals surface area contributed by atoms with Gasteiger partial charge in [0.15, 0.2) is 0 Å². The number of halogens is 1. The summed E-state index contributed by atoms with van der Waals surface area (Å²) in [6.07, 6.45) is 2.24. The van der Waals surface area contributed by atoms with Gasteiger partial charge in [-0.1, -0.05) is 59.6 Å². The minimum atomic E-state index is -3.76. The highest BCUT2D eigenvalue weighted by Gasteiger charge is 2.32. The maximum Gasteiger partial charge on any atom is 0.244 e. The van der Waals surface area contributed by atoms with Crippen molar-refractivity contribution in [2.45, 2.75) is 66.1 Å². The third-order valence-corrected chi connectivity index (χ3v) is 7.96. The van der Waals surface area contributed by atoms with Gasteiger partial charge in [-0.2, -0.15) is 0 Å². The van der Waals surface area contributed by atoms with Gasteiger partial charge in [0.25, 0.3) is 0 Å². The molecule has 0 saturated heterocycles. The molecule has 7 nitrogen and oxygen atoms in total. The third kappa shape index (κ3) is 8.07. The van der Waals surface area contributed by atoms with E-state index in [1.807, 2.05) is 58.9 Å². The lowest BCUT2D eigenvalue weighted by atomic mass is 10.1. The molecule has 0 bridgehead atoms. The molecular formula is C26H36BrN3O4S. The summed E-state index contributed by atoms with van der Waals surface area (Å²) in [5, 5.41) is 2.97. The molecular weight excluding hydrogens is 530 g/mol. The molecule has 0 heterocycles. The Kier molecular flexibility index (Phi) is 10.3. The zero-order valence-corrected chi connectivity index (χ0v) is 23.7. The second-order valence-electron chi connectivity index (χ2n) is 8.96. The quantitative estimate of drug-likeness (QED) is 0.433. The molecule has 0 spiro atoms. The largest absolute Gasteiger partial charge is 0.352 e. The van der Waals surface area contributed by atoms with E-state index in [2.05, 4.69) is 21.2 Å². The van der Waals surface area contributed by atoms with Crippen LogP contribution in [-0.2, 0) is 26.2 Å². The van der Waals surface area contributed by atoms with E-state index >= 15 is 0 Å². The van der Waals surface area contributed by atoms with Crippen molar-refractivity contribution < 1.29 is 18.0 Å². The van der Waals surface area contributed by atoms with Crippen molar-refractivity contribution in [2.24, 2.45) is 0 Å². The number of nitrogens with one attached hydrogen (secondary N) is 1. The van der Waals surface area contributed by atoms with Crippen LogP contribution in [-0.4, -0.2) is 50.0 Å². The SMILES string of the molecule is CC[C@@H](C)NC(=O)[C@H](CC)N(Cc1cccc(C)c1)C(=O)CN(c1ccc(Br)c(C)c1)S(C)(=O)=O. The molecule has 2 amide bonds. The predicted molar refractivity (Wildman–Crippen MR) is 145 cm³/mol. The van der Waals surface area contributed by atoms with Gasteiger partial charge in [0.2, 0.25) is 21.8 Å². The van der Waals surface area contributed by atoms with Crippen molar-refractivity contribution in [3.63, 3.8) is 0 Å². The number of amides is 2. The molecule has 192 valence electrons. The van der Waals surface area contributed by atoms with Crippen LogP contribution in [0.4, 0.5) is 5.69 Å². The first kappa shape index (κ1) is 28.8. The Morgan fingerprint density at radius 3 is 2.29 bits per heavy atom. The Morgan fingerprint density at radius 1 is 1.06 bits per heavy atom. The fraction of sp³-hybridized carbons (Fsp3) is 0.462. The number of hydrogen-bond acceptors (Lipinski definition) is 4. The van der Waals surface area contributed by atoms with E-state index in [9.17, 15) is 18.0 Å². The van der Waals surface area contributed by atoms with E-state index in [1.54, 1.807) is 18.2 Å². The van der Waals surface area contributed by atoms with E-state index in [0.29, 0.717) is 12.1 Å². The Bertz CT molecular complexity index is 1150. The molecule has 0 unspecified atom stereocenters. The monoisotopic (exact) mass is 565 g/mol. The maximum absolute atomic E-state index is 13.7. The highest BCUT2D eigenvalue weighted by molar-refractivity contribution is 9.10. The zero-order valence-electron chi connectivity index (χ0n) is 21.3. The summed E-state index contributed by atoms with van der Waals surface area (Å²) < 4.78 is 27.4. The van der Waals surface area contributed by atoms with E-state index in [4.69, 9.17) is 0 Å². The molecule has 0 radical (unpaired) electrons. The number of sulfonamides is 1. The van der Waals surface area contributed by atoms with Crippen LogP contribution in [0.2, 0.25) is 0 Å². The minimum absolute atomic E-state index is 0.0364. The molecule has 2 rings (SSSR count). The van der Waals surface area contributed by atoms with Gasteiger partial charge < -0.3 is 10.2 Å². The number of nitrogens with zero attached hydrogens (tertiary/aromatic N) is 2. The van der Waals surface area contributed by atoms with E-state index in [-0.39, 0.29) is 18.5 Å². The summed E-state index contributed by atoms with van der Waals surface area (Å²) >= 11 is 3.43. The Morgan fingerprint density at radius 2 is 1.74 bits per heavy atom. The minimum Gasteiger partial charge on any atom is -0.352 e. The fourth-order valence-corrected chi connectivity index (χ4v) is 4.85. The predicted octanol–water partition coefficient (Wildman–Crippen LogP) is 4.55. The Balaban J connectivity index is 2.46. The van der Waals surface area contributed by atoms with Crippen molar-refractivity contribution in [3.05, 3.63) is 63.6 Å². The molecule has 1 N–H and O–H groups in total. The normalized spacial score (nSPS) is 13.1. The first-order chi connectivity index (χ1) is 16.4. The second kappa shape index (κ2) is 12.5. The molecule has 2 aromatic rings. The van der Waals surface area contributed by atoms with E-state index < -0.39 is 28.5 Å². The number of aryl methyl sites for hydroxylation is 2. The molecule has 0 aliphatic rings. The van der Waals surface area contributed by atoms with E-state index in [1.165, 1.54) is 4.90 Å². The number of carbonyl (C=O) groups excluding carboxylic acids is 2. The van der Waals surface area contributed by atoms with Crippen molar-refractivity contribution in [1.82, 2.24) is 10.2 Å². The van der Waals surface area contributed by atoms with Crippen molar-refractivity contribution in [2.75, 3.05) is 17.1 Å².